The topological polar surface area (TPSA) is 110 Å². The molecule has 0 aliphatic rings. The van der Waals surface area contributed by atoms with Gasteiger partial charge in [0.2, 0.25) is 5.91 Å². The Kier molecular flexibility index (Phi) is 5.06. The molecule has 8 heteroatoms. The second-order valence-electron chi connectivity index (χ2n) is 7.25. The van der Waals surface area contributed by atoms with Crippen molar-refractivity contribution < 1.29 is 27.9 Å². The second-order valence-corrected chi connectivity index (χ2v) is 7.25. The van der Waals surface area contributed by atoms with Gasteiger partial charge in [0.25, 0.3) is 0 Å². The van der Waals surface area contributed by atoms with Crippen molar-refractivity contribution >= 4 is 33.8 Å². The molecule has 2 aromatic carbocycles. The normalized spacial score (nSPS) is 11.2. The Morgan fingerprint density at radius 1 is 1.06 bits per heavy atom. The van der Waals surface area contributed by atoms with Gasteiger partial charge in [-0.2, -0.15) is 0 Å². The van der Waals surface area contributed by atoms with Crippen molar-refractivity contribution in [1.82, 2.24) is 5.32 Å². The van der Waals surface area contributed by atoms with E-state index in [1.54, 1.807) is 32.2 Å². The molecule has 0 saturated carbocycles. The first-order chi connectivity index (χ1) is 14.8. The summed E-state index contributed by atoms with van der Waals surface area (Å²) in [5, 5.41) is 12.3. The van der Waals surface area contributed by atoms with Gasteiger partial charge in [0, 0.05) is 21.9 Å². The third-order valence-corrected chi connectivity index (χ3v) is 5.27. The molecule has 0 unspecified atom stereocenters. The monoisotopic (exact) mass is 423 g/mol. The fraction of sp³-hybridized carbons (Fsp3) is 0.174. The summed E-state index contributed by atoms with van der Waals surface area (Å²) >= 11 is 0. The number of aryl methyl sites for hydroxylation is 2. The molecule has 0 saturated heterocycles. The molecule has 0 atom stereocenters. The van der Waals surface area contributed by atoms with E-state index in [9.17, 15) is 18.8 Å². The SMILES string of the molecule is Cc1c(CC(=O)NCC(=O)O)c(=O)oc2c(C)c3occ(-c4ccc(F)cc4)c3cc12. The predicted molar refractivity (Wildman–Crippen MR) is 111 cm³/mol. The van der Waals surface area contributed by atoms with Crippen LogP contribution in [0.1, 0.15) is 16.7 Å². The first kappa shape index (κ1) is 20.3. The molecule has 2 N–H and O–H groups in total. The van der Waals surface area contributed by atoms with Gasteiger partial charge in [0.05, 0.1) is 18.2 Å². The van der Waals surface area contributed by atoms with Gasteiger partial charge >= 0.3 is 11.6 Å². The van der Waals surface area contributed by atoms with E-state index in [0.717, 1.165) is 16.5 Å². The Balaban J connectivity index is 1.86. The summed E-state index contributed by atoms with van der Waals surface area (Å²) in [7, 11) is 0. The Morgan fingerprint density at radius 3 is 2.45 bits per heavy atom. The number of hydrogen-bond acceptors (Lipinski definition) is 5. The minimum absolute atomic E-state index is 0.154. The van der Waals surface area contributed by atoms with Crippen LogP contribution in [0.4, 0.5) is 4.39 Å². The maximum absolute atomic E-state index is 13.3. The lowest BCUT2D eigenvalue weighted by Crippen LogP contribution is -2.32. The zero-order valence-corrected chi connectivity index (χ0v) is 16.7. The molecular weight excluding hydrogens is 405 g/mol. The first-order valence-electron chi connectivity index (χ1n) is 9.47. The van der Waals surface area contributed by atoms with Crippen LogP contribution in [-0.4, -0.2) is 23.5 Å². The molecule has 0 radical (unpaired) electrons. The van der Waals surface area contributed by atoms with Gasteiger partial charge in [-0.3, -0.25) is 9.59 Å². The number of carbonyl (C=O) groups is 2. The number of rotatable bonds is 5. The molecule has 1 amide bonds. The van der Waals surface area contributed by atoms with Crippen LogP contribution < -0.4 is 10.9 Å². The standard InChI is InChI=1S/C23H18FNO6/c1-11-15-7-17-18(13-3-5-14(24)6-4-13)10-30-21(17)12(2)22(15)31-23(29)16(11)8-19(26)25-9-20(27)28/h3-7,10H,8-9H2,1-2H3,(H,25,26)(H,27,28). The lowest BCUT2D eigenvalue weighted by Gasteiger charge is -2.10. The summed E-state index contributed by atoms with van der Waals surface area (Å²) in [4.78, 5) is 35.3. The number of carboxylic acid groups (broad SMARTS) is 1. The summed E-state index contributed by atoms with van der Waals surface area (Å²) in [6.07, 6.45) is 1.27. The van der Waals surface area contributed by atoms with E-state index in [2.05, 4.69) is 5.32 Å². The smallest absolute Gasteiger partial charge is 0.340 e. The van der Waals surface area contributed by atoms with E-state index in [0.29, 0.717) is 27.7 Å². The predicted octanol–water partition coefficient (Wildman–Crippen LogP) is 3.71. The van der Waals surface area contributed by atoms with Gasteiger partial charge in [-0.05, 0) is 43.2 Å². The number of nitrogens with one attached hydrogen (secondary N) is 1. The number of amides is 1. The molecule has 4 aromatic rings. The maximum atomic E-state index is 13.3. The van der Waals surface area contributed by atoms with Crippen LogP contribution >= 0.6 is 0 Å². The second kappa shape index (κ2) is 7.71. The highest BCUT2D eigenvalue weighted by Crippen LogP contribution is 2.37. The summed E-state index contributed by atoms with van der Waals surface area (Å²) in [5.74, 6) is -2.12. The summed E-state index contributed by atoms with van der Waals surface area (Å²) in [5.41, 5.74) is 3.10. The summed E-state index contributed by atoms with van der Waals surface area (Å²) in [6.45, 7) is 2.94. The summed E-state index contributed by atoms with van der Waals surface area (Å²) < 4.78 is 24.6. The highest BCUT2D eigenvalue weighted by Gasteiger charge is 2.20. The van der Waals surface area contributed by atoms with Gasteiger partial charge in [-0.1, -0.05) is 12.1 Å². The molecule has 0 spiro atoms. The zero-order valence-electron chi connectivity index (χ0n) is 16.7. The van der Waals surface area contributed by atoms with Crippen LogP contribution in [-0.2, 0) is 16.0 Å². The number of aliphatic carboxylic acids is 1. The molecule has 0 aliphatic heterocycles. The number of furan rings is 1. The zero-order chi connectivity index (χ0) is 22.3. The molecule has 7 nitrogen and oxygen atoms in total. The van der Waals surface area contributed by atoms with Crippen LogP contribution in [0.3, 0.4) is 0 Å². The maximum Gasteiger partial charge on any atom is 0.340 e. The number of carbonyl (C=O) groups excluding carboxylic acids is 1. The fourth-order valence-electron chi connectivity index (χ4n) is 3.65. The van der Waals surface area contributed by atoms with Crippen molar-refractivity contribution in [1.29, 1.82) is 0 Å². The van der Waals surface area contributed by atoms with Gasteiger partial charge < -0.3 is 19.3 Å². The minimum Gasteiger partial charge on any atom is -0.480 e. The van der Waals surface area contributed by atoms with Gasteiger partial charge in [-0.15, -0.1) is 0 Å². The average molecular weight is 423 g/mol. The number of carboxylic acids is 1. The Morgan fingerprint density at radius 2 is 1.77 bits per heavy atom. The van der Waals surface area contributed by atoms with Gasteiger partial charge in [-0.25, -0.2) is 9.18 Å². The quantitative estimate of drug-likeness (QED) is 0.474. The highest BCUT2D eigenvalue weighted by molar-refractivity contribution is 6.05. The van der Waals surface area contributed by atoms with Crippen LogP contribution in [0.15, 0.2) is 50.2 Å². The third-order valence-electron chi connectivity index (χ3n) is 5.27. The number of halogens is 1. The largest absolute Gasteiger partial charge is 0.480 e. The molecule has 31 heavy (non-hydrogen) atoms. The lowest BCUT2D eigenvalue weighted by molar-refractivity contribution is -0.137. The van der Waals surface area contributed by atoms with Crippen LogP contribution in [0.5, 0.6) is 0 Å². The molecular formula is C23H18FNO6. The first-order valence-corrected chi connectivity index (χ1v) is 9.47. The lowest BCUT2D eigenvalue weighted by atomic mass is 9.97. The van der Waals surface area contributed by atoms with E-state index < -0.39 is 24.0 Å². The van der Waals surface area contributed by atoms with E-state index in [1.165, 1.54) is 12.1 Å². The molecule has 0 bridgehead atoms. The van der Waals surface area contributed by atoms with E-state index in [4.69, 9.17) is 13.9 Å². The molecule has 2 aromatic heterocycles. The molecule has 4 rings (SSSR count). The minimum atomic E-state index is -1.18. The van der Waals surface area contributed by atoms with Crippen molar-refractivity contribution in [2.24, 2.45) is 0 Å². The Labute approximate surface area is 175 Å². The van der Waals surface area contributed by atoms with Gasteiger partial charge in [0.15, 0.2) is 0 Å². The van der Waals surface area contributed by atoms with Crippen LogP contribution in [0, 0.1) is 19.7 Å². The van der Waals surface area contributed by atoms with Crippen molar-refractivity contribution in [3.8, 4) is 11.1 Å². The number of benzene rings is 2. The molecule has 0 aliphatic carbocycles. The van der Waals surface area contributed by atoms with Gasteiger partial charge in [0.1, 0.15) is 23.5 Å². The highest BCUT2D eigenvalue weighted by atomic mass is 19.1. The van der Waals surface area contributed by atoms with Crippen molar-refractivity contribution in [2.45, 2.75) is 20.3 Å². The van der Waals surface area contributed by atoms with E-state index in [-0.39, 0.29) is 17.8 Å². The fourth-order valence-corrected chi connectivity index (χ4v) is 3.65. The average Bonchev–Trinajstić information content (AvgIpc) is 3.15. The number of fused-ring (bicyclic) bond motifs is 2. The van der Waals surface area contributed by atoms with E-state index >= 15 is 0 Å². The molecule has 0 fully saturated rings. The van der Waals surface area contributed by atoms with Crippen molar-refractivity contribution in [3.05, 3.63) is 69.5 Å². The number of hydrogen-bond donors (Lipinski definition) is 2. The van der Waals surface area contributed by atoms with E-state index in [1.807, 2.05) is 6.07 Å². The van der Waals surface area contributed by atoms with Crippen molar-refractivity contribution in [3.63, 3.8) is 0 Å². The summed E-state index contributed by atoms with van der Waals surface area (Å²) in [6, 6.07) is 7.84. The van der Waals surface area contributed by atoms with Crippen molar-refractivity contribution in [2.75, 3.05) is 6.54 Å². The Bertz CT molecular complexity index is 1400. The van der Waals surface area contributed by atoms with Crippen LogP contribution in [0.2, 0.25) is 0 Å². The van der Waals surface area contributed by atoms with Crippen LogP contribution in [0.25, 0.3) is 33.1 Å². The third kappa shape index (κ3) is 3.68. The molecule has 158 valence electrons. The Hall–Kier alpha value is -3.94. The molecule has 2 heterocycles.